The molecule has 4 rings (SSSR count). The molecule has 2 aliphatic heterocycles. The van der Waals surface area contributed by atoms with Crippen LogP contribution in [0.5, 0.6) is 0 Å². The van der Waals surface area contributed by atoms with Gasteiger partial charge in [-0.05, 0) is 11.6 Å². The van der Waals surface area contributed by atoms with Crippen LogP contribution >= 0.6 is 0 Å². The smallest absolute Gasteiger partial charge is 0.262 e. The molecule has 0 saturated heterocycles. The molecule has 26 heavy (non-hydrogen) atoms. The van der Waals surface area contributed by atoms with E-state index in [0.717, 1.165) is 0 Å². The highest BCUT2D eigenvalue weighted by atomic mass is 19.4. The van der Waals surface area contributed by atoms with Gasteiger partial charge in [-0.3, -0.25) is 10.1 Å². The normalized spacial score (nSPS) is 16.9. The summed E-state index contributed by atoms with van der Waals surface area (Å²) in [5, 5.41) is 6.95. The molecule has 2 aliphatic rings. The molecular formula is C15H11F4N7. The number of nitrogens with zero attached hydrogens (tertiary/aromatic N) is 5. The first-order valence-electron chi connectivity index (χ1n) is 7.52. The third kappa shape index (κ3) is 2.96. The molecular weight excluding hydrogens is 354 g/mol. The number of hydrazine groups is 1. The zero-order valence-electron chi connectivity index (χ0n) is 13.0. The number of amidine groups is 1. The molecule has 0 radical (unpaired) electrons. The SMILES string of the molecule is Fc1ccccc1CC1=NC(c2n[nH]c(C(F)(F)F)n2)=CN2NCN=C12. The highest BCUT2D eigenvalue weighted by molar-refractivity contribution is 6.43. The van der Waals surface area contributed by atoms with E-state index in [2.05, 4.69) is 25.5 Å². The van der Waals surface area contributed by atoms with Crippen LogP contribution in [0, 0.1) is 5.82 Å². The Morgan fingerprint density at radius 3 is 2.73 bits per heavy atom. The molecule has 7 nitrogen and oxygen atoms in total. The summed E-state index contributed by atoms with van der Waals surface area (Å²) in [5.74, 6) is -1.35. The molecule has 0 atom stereocenters. The van der Waals surface area contributed by atoms with E-state index >= 15 is 0 Å². The molecule has 134 valence electrons. The van der Waals surface area contributed by atoms with Crippen molar-refractivity contribution >= 4 is 17.2 Å². The quantitative estimate of drug-likeness (QED) is 0.817. The van der Waals surface area contributed by atoms with Crippen LogP contribution < -0.4 is 5.43 Å². The lowest BCUT2D eigenvalue weighted by Crippen LogP contribution is -2.39. The Bertz CT molecular complexity index is 941. The van der Waals surface area contributed by atoms with Crippen molar-refractivity contribution in [2.75, 3.05) is 6.67 Å². The van der Waals surface area contributed by atoms with Gasteiger partial charge >= 0.3 is 6.18 Å². The maximum atomic E-state index is 13.9. The van der Waals surface area contributed by atoms with Crippen LogP contribution in [0.4, 0.5) is 17.6 Å². The molecule has 2 N–H and O–H groups in total. The number of fused-ring (bicyclic) bond motifs is 1. The Hall–Kier alpha value is -3.08. The van der Waals surface area contributed by atoms with E-state index in [1.807, 2.05) is 5.10 Å². The Morgan fingerprint density at radius 2 is 2.00 bits per heavy atom. The molecule has 0 bridgehead atoms. The van der Waals surface area contributed by atoms with Crippen LogP contribution in [-0.4, -0.2) is 38.4 Å². The van der Waals surface area contributed by atoms with Gasteiger partial charge in [0.2, 0.25) is 11.6 Å². The van der Waals surface area contributed by atoms with E-state index in [1.54, 1.807) is 18.2 Å². The molecule has 1 aromatic heterocycles. The van der Waals surface area contributed by atoms with Gasteiger partial charge in [-0.2, -0.15) is 18.3 Å². The fourth-order valence-electron chi connectivity index (χ4n) is 2.57. The number of hydrogen-bond donors (Lipinski definition) is 2. The fourth-order valence-corrected chi connectivity index (χ4v) is 2.57. The van der Waals surface area contributed by atoms with Gasteiger partial charge in [0.25, 0.3) is 0 Å². The summed E-state index contributed by atoms with van der Waals surface area (Å²) in [6.07, 6.45) is -3.07. The first kappa shape index (κ1) is 16.4. The predicted molar refractivity (Wildman–Crippen MR) is 84.2 cm³/mol. The monoisotopic (exact) mass is 365 g/mol. The second-order valence-electron chi connectivity index (χ2n) is 5.51. The number of rotatable bonds is 3. The number of H-pyrrole nitrogens is 1. The van der Waals surface area contributed by atoms with Crippen molar-refractivity contribution in [1.82, 2.24) is 25.6 Å². The Morgan fingerprint density at radius 1 is 1.19 bits per heavy atom. The molecule has 0 aliphatic carbocycles. The minimum Gasteiger partial charge on any atom is -0.262 e. The van der Waals surface area contributed by atoms with Crippen LogP contribution in [-0.2, 0) is 12.6 Å². The maximum absolute atomic E-state index is 13.9. The van der Waals surface area contributed by atoms with Gasteiger partial charge in [0.1, 0.15) is 18.2 Å². The van der Waals surface area contributed by atoms with Crippen molar-refractivity contribution in [2.24, 2.45) is 9.98 Å². The molecule has 2 aromatic rings. The molecule has 0 amide bonds. The maximum Gasteiger partial charge on any atom is 0.451 e. The Kier molecular flexibility index (Phi) is 3.80. The molecule has 0 spiro atoms. The average Bonchev–Trinajstić information content (AvgIpc) is 3.25. The summed E-state index contributed by atoms with van der Waals surface area (Å²) >= 11 is 0. The van der Waals surface area contributed by atoms with Gasteiger partial charge in [0, 0.05) is 6.42 Å². The van der Waals surface area contributed by atoms with E-state index in [-0.39, 0.29) is 24.6 Å². The van der Waals surface area contributed by atoms with Crippen molar-refractivity contribution in [3.8, 4) is 0 Å². The van der Waals surface area contributed by atoms with Crippen LogP contribution in [0.15, 0.2) is 40.5 Å². The number of alkyl halides is 3. The summed E-state index contributed by atoms with van der Waals surface area (Å²) < 4.78 is 52.1. The third-order valence-electron chi connectivity index (χ3n) is 3.76. The van der Waals surface area contributed by atoms with Crippen LogP contribution in [0.3, 0.4) is 0 Å². The number of hydrogen-bond acceptors (Lipinski definition) is 6. The van der Waals surface area contributed by atoms with Gasteiger partial charge in [-0.15, -0.1) is 0 Å². The highest BCUT2D eigenvalue weighted by Crippen LogP contribution is 2.28. The molecule has 0 fully saturated rings. The molecule has 1 aromatic carbocycles. The van der Waals surface area contributed by atoms with Crippen molar-refractivity contribution < 1.29 is 17.6 Å². The number of halogens is 4. The predicted octanol–water partition coefficient (Wildman–Crippen LogP) is 2.13. The Balaban J connectivity index is 1.70. The number of benzene rings is 1. The minimum absolute atomic E-state index is 0.108. The molecule has 11 heteroatoms. The van der Waals surface area contributed by atoms with E-state index in [1.165, 1.54) is 17.3 Å². The third-order valence-corrected chi connectivity index (χ3v) is 3.76. The second-order valence-corrected chi connectivity index (χ2v) is 5.51. The second kappa shape index (κ2) is 6.02. The standard InChI is InChI=1S/C15H11F4N7/c16-9-4-2-1-3-8(9)5-10-13-20-7-21-26(13)6-11(22-10)12-23-14(25-24-12)15(17,18)19/h1-4,6,21H,5,7H2,(H,23,24,25). The first-order chi connectivity index (χ1) is 12.4. The largest absolute Gasteiger partial charge is 0.451 e. The average molecular weight is 365 g/mol. The summed E-state index contributed by atoms with van der Waals surface area (Å²) in [7, 11) is 0. The first-order valence-corrected chi connectivity index (χ1v) is 7.52. The van der Waals surface area contributed by atoms with Crippen molar-refractivity contribution in [1.29, 1.82) is 0 Å². The van der Waals surface area contributed by atoms with E-state index < -0.39 is 17.8 Å². The van der Waals surface area contributed by atoms with Gasteiger partial charge < -0.3 is 0 Å². The summed E-state index contributed by atoms with van der Waals surface area (Å²) in [6.45, 7) is 0.275. The summed E-state index contributed by atoms with van der Waals surface area (Å²) in [5.41, 5.74) is 3.82. The Labute approximate surface area is 144 Å². The van der Waals surface area contributed by atoms with E-state index in [4.69, 9.17) is 0 Å². The fraction of sp³-hybridized carbons (Fsp3) is 0.200. The van der Waals surface area contributed by atoms with Crippen molar-refractivity contribution in [2.45, 2.75) is 12.6 Å². The zero-order valence-corrected chi connectivity index (χ0v) is 13.0. The van der Waals surface area contributed by atoms with Crippen molar-refractivity contribution in [3.63, 3.8) is 0 Å². The van der Waals surface area contributed by atoms with E-state index in [9.17, 15) is 17.6 Å². The van der Waals surface area contributed by atoms with Crippen LogP contribution in [0.25, 0.3) is 5.70 Å². The lowest BCUT2D eigenvalue weighted by molar-refractivity contribution is -0.144. The van der Waals surface area contributed by atoms with E-state index in [0.29, 0.717) is 17.1 Å². The molecule has 0 unspecified atom stereocenters. The van der Waals surface area contributed by atoms with Gasteiger partial charge in [-0.25, -0.2) is 24.8 Å². The van der Waals surface area contributed by atoms with Crippen molar-refractivity contribution in [3.05, 3.63) is 53.5 Å². The minimum atomic E-state index is -4.64. The molecule has 3 heterocycles. The number of nitrogens with one attached hydrogen (secondary N) is 2. The highest BCUT2D eigenvalue weighted by Gasteiger charge is 2.36. The lowest BCUT2D eigenvalue weighted by atomic mass is 10.1. The summed E-state index contributed by atoms with van der Waals surface area (Å²) in [6, 6.07) is 6.19. The summed E-state index contributed by atoms with van der Waals surface area (Å²) in [4.78, 5) is 12.0. The lowest BCUT2D eigenvalue weighted by Gasteiger charge is -2.22. The topological polar surface area (TPSA) is 81.6 Å². The number of aliphatic imine (C=N–C) groups is 2. The zero-order chi connectivity index (χ0) is 18.3. The number of aromatic nitrogens is 3. The van der Waals surface area contributed by atoms with Crippen LogP contribution in [0.1, 0.15) is 17.2 Å². The van der Waals surface area contributed by atoms with Gasteiger partial charge in [0.05, 0.1) is 11.9 Å². The van der Waals surface area contributed by atoms with Crippen LogP contribution in [0.2, 0.25) is 0 Å². The van der Waals surface area contributed by atoms with Gasteiger partial charge in [0.15, 0.2) is 5.84 Å². The van der Waals surface area contributed by atoms with Gasteiger partial charge in [-0.1, -0.05) is 18.2 Å². The molecule has 0 saturated carbocycles. The number of aromatic amines is 1.